The number of rotatable bonds is 0. The second-order valence-electron chi connectivity index (χ2n) is 3.60. The average molecular weight is 184 g/mol. The van der Waals surface area contributed by atoms with E-state index in [1.54, 1.807) is 0 Å². The maximum absolute atomic E-state index is 5.67. The molecule has 0 spiro atoms. The SMILES string of the molecule is N/N=C(\N)N1CCCCCCCC1. The van der Waals surface area contributed by atoms with Gasteiger partial charge in [-0.3, -0.25) is 0 Å². The van der Waals surface area contributed by atoms with E-state index in [-0.39, 0.29) is 0 Å². The van der Waals surface area contributed by atoms with Gasteiger partial charge < -0.3 is 16.5 Å². The van der Waals surface area contributed by atoms with E-state index < -0.39 is 0 Å². The maximum atomic E-state index is 5.67. The topological polar surface area (TPSA) is 67.6 Å². The third kappa shape index (κ3) is 3.53. The summed E-state index contributed by atoms with van der Waals surface area (Å²) in [6.45, 7) is 2.01. The quantitative estimate of drug-likeness (QED) is 0.253. The molecule has 0 aromatic heterocycles. The third-order valence-electron chi connectivity index (χ3n) is 2.56. The minimum absolute atomic E-state index is 0.488. The van der Waals surface area contributed by atoms with Gasteiger partial charge >= 0.3 is 0 Å². The molecule has 0 atom stereocenters. The van der Waals surface area contributed by atoms with Crippen molar-refractivity contribution >= 4 is 5.96 Å². The lowest BCUT2D eigenvalue weighted by atomic mass is 10.1. The van der Waals surface area contributed by atoms with Crippen LogP contribution in [-0.2, 0) is 0 Å². The van der Waals surface area contributed by atoms with Gasteiger partial charge in [0.25, 0.3) is 0 Å². The number of guanidine groups is 1. The smallest absolute Gasteiger partial charge is 0.213 e. The van der Waals surface area contributed by atoms with E-state index in [1.807, 2.05) is 0 Å². The van der Waals surface area contributed by atoms with Gasteiger partial charge in [0, 0.05) is 13.1 Å². The first-order chi connectivity index (χ1) is 6.34. The number of hydrogen-bond acceptors (Lipinski definition) is 2. The van der Waals surface area contributed by atoms with Gasteiger partial charge in [-0.1, -0.05) is 25.7 Å². The van der Waals surface area contributed by atoms with Crippen LogP contribution in [0.2, 0.25) is 0 Å². The fraction of sp³-hybridized carbons (Fsp3) is 0.889. The normalized spacial score (nSPS) is 21.8. The molecule has 1 rings (SSSR count). The van der Waals surface area contributed by atoms with E-state index in [0.29, 0.717) is 5.96 Å². The summed E-state index contributed by atoms with van der Waals surface area (Å²) in [4.78, 5) is 2.09. The lowest BCUT2D eigenvalue weighted by Crippen LogP contribution is -2.39. The minimum atomic E-state index is 0.488. The zero-order chi connectivity index (χ0) is 9.52. The zero-order valence-electron chi connectivity index (χ0n) is 8.21. The fourth-order valence-electron chi connectivity index (χ4n) is 1.73. The first-order valence-corrected chi connectivity index (χ1v) is 5.13. The number of hydrazone groups is 1. The van der Waals surface area contributed by atoms with Crippen molar-refractivity contribution < 1.29 is 0 Å². The molecular formula is C9H20N4. The van der Waals surface area contributed by atoms with E-state index >= 15 is 0 Å². The van der Waals surface area contributed by atoms with Crippen molar-refractivity contribution in [2.45, 2.75) is 38.5 Å². The summed E-state index contributed by atoms with van der Waals surface area (Å²) in [6.07, 6.45) is 7.72. The van der Waals surface area contributed by atoms with E-state index in [2.05, 4.69) is 10.0 Å². The largest absolute Gasteiger partial charge is 0.368 e. The van der Waals surface area contributed by atoms with Crippen LogP contribution in [0.4, 0.5) is 0 Å². The molecule has 0 saturated carbocycles. The Balaban J connectivity index is 2.41. The van der Waals surface area contributed by atoms with Crippen LogP contribution in [0, 0.1) is 0 Å². The first-order valence-electron chi connectivity index (χ1n) is 5.13. The third-order valence-corrected chi connectivity index (χ3v) is 2.56. The Morgan fingerprint density at radius 2 is 1.38 bits per heavy atom. The van der Waals surface area contributed by atoms with Crippen LogP contribution in [0.5, 0.6) is 0 Å². The highest BCUT2D eigenvalue weighted by Crippen LogP contribution is 2.10. The molecule has 4 N–H and O–H groups in total. The molecule has 0 amide bonds. The molecule has 76 valence electrons. The van der Waals surface area contributed by atoms with Gasteiger partial charge in [0.1, 0.15) is 0 Å². The van der Waals surface area contributed by atoms with Crippen molar-refractivity contribution in [1.82, 2.24) is 4.90 Å². The molecular weight excluding hydrogens is 164 g/mol. The highest BCUT2D eigenvalue weighted by molar-refractivity contribution is 5.77. The van der Waals surface area contributed by atoms with Gasteiger partial charge in [0.15, 0.2) is 0 Å². The Labute approximate surface area is 80.0 Å². The first kappa shape index (κ1) is 10.2. The van der Waals surface area contributed by atoms with Crippen LogP contribution < -0.4 is 11.6 Å². The Bertz CT molecular complexity index is 157. The molecule has 0 bridgehead atoms. The van der Waals surface area contributed by atoms with Crippen molar-refractivity contribution in [3.05, 3.63) is 0 Å². The maximum Gasteiger partial charge on any atom is 0.213 e. The molecule has 1 heterocycles. The monoisotopic (exact) mass is 184 g/mol. The van der Waals surface area contributed by atoms with Crippen LogP contribution in [0.25, 0.3) is 0 Å². The molecule has 1 aliphatic heterocycles. The van der Waals surface area contributed by atoms with Gasteiger partial charge in [0.2, 0.25) is 5.96 Å². The van der Waals surface area contributed by atoms with Gasteiger partial charge in [-0.05, 0) is 12.8 Å². The Hall–Kier alpha value is -0.930. The van der Waals surface area contributed by atoms with Crippen molar-refractivity contribution in [3.63, 3.8) is 0 Å². The Morgan fingerprint density at radius 1 is 0.923 bits per heavy atom. The number of nitrogens with zero attached hydrogens (tertiary/aromatic N) is 2. The van der Waals surface area contributed by atoms with Crippen molar-refractivity contribution in [1.29, 1.82) is 0 Å². The van der Waals surface area contributed by atoms with Crippen LogP contribution in [0.15, 0.2) is 5.10 Å². The minimum Gasteiger partial charge on any atom is -0.368 e. The number of nitrogens with two attached hydrogens (primary N) is 2. The van der Waals surface area contributed by atoms with Crippen LogP contribution in [-0.4, -0.2) is 23.9 Å². The van der Waals surface area contributed by atoms with E-state index in [0.717, 1.165) is 13.1 Å². The van der Waals surface area contributed by atoms with E-state index in [4.69, 9.17) is 11.6 Å². The van der Waals surface area contributed by atoms with Crippen molar-refractivity contribution in [2.24, 2.45) is 16.7 Å². The van der Waals surface area contributed by atoms with Gasteiger partial charge in [0.05, 0.1) is 0 Å². The fourth-order valence-corrected chi connectivity index (χ4v) is 1.73. The second-order valence-corrected chi connectivity index (χ2v) is 3.60. The molecule has 1 saturated heterocycles. The summed E-state index contributed by atoms with van der Waals surface area (Å²) < 4.78 is 0. The molecule has 4 nitrogen and oxygen atoms in total. The molecule has 13 heavy (non-hydrogen) atoms. The Kier molecular flexibility index (Phi) is 4.43. The molecule has 0 aromatic carbocycles. The lowest BCUT2D eigenvalue weighted by molar-refractivity contribution is 0.400. The lowest BCUT2D eigenvalue weighted by Gasteiger charge is -2.21. The molecule has 0 unspecified atom stereocenters. The van der Waals surface area contributed by atoms with E-state index in [9.17, 15) is 0 Å². The van der Waals surface area contributed by atoms with Crippen molar-refractivity contribution in [2.75, 3.05) is 13.1 Å². The summed E-state index contributed by atoms with van der Waals surface area (Å²) in [6, 6.07) is 0. The summed E-state index contributed by atoms with van der Waals surface area (Å²) in [5, 5.41) is 3.54. The van der Waals surface area contributed by atoms with Crippen LogP contribution in [0.1, 0.15) is 38.5 Å². The van der Waals surface area contributed by atoms with Gasteiger partial charge in [-0.25, -0.2) is 0 Å². The molecule has 1 aliphatic rings. The number of hydrogen-bond donors (Lipinski definition) is 2. The predicted molar refractivity (Wildman–Crippen MR) is 55.1 cm³/mol. The zero-order valence-corrected chi connectivity index (χ0v) is 8.21. The summed E-state index contributed by atoms with van der Waals surface area (Å²) in [7, 11) is 0. The second kappa shape index (κ2) is 5.67. The molecule has 0 aromatic rings. The highest BCUT2D eigenvalue weighted by Gasteiger charge is 2.08. The van der Waals surface area contributed by atoms with Crippen LogP contribution >= 0.6 is 0 Å². The molecule has 4 heteroatoms. The predicted octanol–water partition coefficient (Wildman–Crippen LogP) is 0.831. The summed E-state index contributed by atoms with van der Waals surface area (Å²) in [5.41, 5.74) is 5.67. The van der Waals surface area contributed by atoms with Gasteiger partial charge in [-0.15, -0.1) is 5.10 Å². The standard InChI is InChI=1S/C9H20N4/c10-9(12-11)13-7-5-3-1-2-4-6-8-13/h1-8,11H2,(H2,10,12). The molecule has 1 fully saturated rings. The van der Waals surface area contributed by atoms with Crippen LogP contribution in [0.3, 0.4) is 0 Å². The summed E-state index contributed by atoms with van der Waals surface area (Å²) >= 11 is 0. The van der Waals surface area contributed by atoms with Gasteiger partial charge in [-0.2, -0.15) is 0 Å². The molecule has 0 aliphatic carbocycles. The Morgan fingerprint density at radius 3 is 1.85 bits per heavy atom. The highest BCUT2D eigenvalue weighted by atomic mass is 15.3. The van der Waals surface area contributed by atoms with E-state index in [1.165, 1.54) is 38.5 Å². The van der Waals surface area contributed by atoms with Crippen molar-refractivity contribution in [3.8, 4) is 0 Å². The molecule has 0 radical (unpaired) electrons. The average Bonchev–Trinajstić information content (AvgIpc) is 2.29. The summed E-state index contributed by atoms with van der Waals surface area (Å²) in [5.74, 6) is 5.64.